The highest BCUT2D eigenvalue weighted by molar-refractivity contribution is 5.93. The molecule has 1 heterocycles. The average molecular weight is 274 g/mol. The van der Waals surface area contributed by atoms with Crippen LogP contribution in [-0.2, 0) is 14.3 Å². The van der Waals surface area contributed by atoms with E-state index in [1.165, 1.54) is 12.0 Å². The summed E-state index contributed by atoms with van der Waals surface area (Å²) in [6, 6.07) is 9.09. The number of carboxylic acid groups (broad SMARTS) is 1. The molecule has 6 nitrogen and oxygen atoms in total. The first-order valence-corrected chi connectivity index (χ1v) is 5.99. The van der Waals surface area contributed by atoms with Crippen molar-refractivity contribution in [2.45, 2.75) is 0 Å². The van der Waals surface area contributed by atoms with Gasteiger partial charge in [0.15, 0.2) is 0 Å². The molecule has 1 N–H and O–H groups in total. The fourth-order valence-electron chi connectivity index (χ4n) is 1.95. The number of benzene rings is 1. The topological polar surface area (TPSA) is 79.7 Å². The first-order chi connectivity index (χ1) is 9.61. The number of aliphatic carboxylic acids is 1. The molecule has 0 aliphatic rings. The summed E-state index contributed by atoms with van der Waals surface area (Å²) < 4.78 is 4.60. The molecule has 0 unspecified atom stereocenters. The summed E-state index contributed by atoms with van der Waals surface area (Å²) >= 11 is 0. The fourth-order valence-corrected chi connectivity index (χ4v) is 1.95. The Kier molecular flexibility index (Phi) is 4.14. The number of rotatable bonds is 5. The van der Waals surface area contributed by atoms with Crippen LogP contribution in [0.2, 0.25) is 0 Å². The summed E-state index contributed by atoms with van der Waals surface area (Å²) in [4.78, 5) is 28.1. The molecule has 0 spiro atoms. The highest BCUT2D eigenvalue weighted by atomic mass is 16.5. The quantitative estimate of drug-likeness (QED) is 0.828. The highest BCUT2D eigenvalue weighted by Crippen LogP contribution is 2.24. The minimum absolute atomic E-state index is 0.140. The molecule has 6 heteroatoms. The van der Waals surface area contributed by atoms with E-state index in [-0.39, 0.29) is 13.1 Å². The van der Waals surface area contributed by atoms with Crippen LogP contribution in [0, 0.1) is 0 Å². The van der Waals surface area contributed by atoms with Gasteiger partial charge in [0.25, 0.3) is 0 Å². The van der Waals surface area contributed by atoms with Crippen molar-refractivity contribution in [3.05, 3.63) is 36.5 Å². The van der Waals surface area contributed by atoms with Crippen LogP contribution < -0.4 is 4.90 Å². The Morgan fingerprint density at radius 3 is 2.70 bits per heavy atom. The SMILES string of the molecule is COC(=O)CN(CC(=O)O)c1cccc2cccnc12. The van der Waals surface area contributed by atoms with Gasteiger partial charge in [-0.1, -0.05) is 18.2 Å². The van der Waals surface area contributed by atoms with Crippen molar-refractivity contribution in [3.63, 3.8) is 0 Å². The molecule has 1 aromatic heterocycles. The van der Waals surface area contributed by atoms with Gasteiger partial charge in [0.2, 0.25) is 0 Å². The van der Waals surface area contributed by atoms with E-state index in [0.29, 0.717) is 11.2 Å². The predicted molar refractivity (Wildman–Crippen MR) is 73.6 cm³/mol. The molecular formula is C14H14N2O4. The summed E-state index contributed by atoms with van der Waals surface area (Å²) in [6.07, 6.45) is 1.63. The minimum atomic E-state index is -1.03. The molecule has 0 amide bonds. The largest absolute Gasteiger partial charge is 0.480 e. The number of carbonyl (C=O) groups is 2. The monoisotopic (exact) mass is 274 g/mol. The molecule has 2 rings (SSSR count). The third-order valence-electron chi connectivity index (χ3n) is 2.83. The molecule has 0 radical (unpaired) electrons. The number of hydrogen-bond donors (Lipinski definition) is 1. The number of carboxylic acids is 1. The van der Waals surface area contributed by atoms with Gasteiger partial charge in [0.1, 0.15) is 13.1 Å². The summed E-state index contributed by atoms with van der Waals surface area (Å²) in [5.74, 6) is -1.53. The molecule has 0 aliphatic heterocycles. The Balaban J connectivity index is 2.44. The summed E-state index contributed by atoms with van der Waals surface area (Å²) in [7, 11) is 1.27. The lowest BCUT2D eigenvalue weighted by atomic mass is 10.1. The van der Waals surface area contributed by atoms with Gasteiger partial charge in [-0.15, -0.1) is 0 Å². The van der Waals surface area contributed by atoms with Crippen LogP contribution in [0.1, 0.15) is 0 Å². The normalized spacial score (nSPS) is 10.2. The van der Waals surface area contributed by atoms with Crippen molar-refractivity contribution in [3.8, 4) is 0 Å². The molecule has 1 aromatic carbocycles. The van der Waals surface area contributed by atoms with E-state index in [1.54, 1.807) is 24.4 Å². The number of anilines is 1. The zero-order valence-electron chi connectivity index (χ0n) is 10.9. The number of ether oxygens (including phenoxy) is 1. The second-order valence-electron chi connectivity index (χ2n) is 4.18. The second-order valence-corrected chi connectivity index (χ2v) is 4.18. The maximum absolute atomic E-state index is 11.4. The lowest BCUT2D eigenvalue weighted by molar-refractivity contribution is -0.139. The maximum atomic E-state index is 11.4. The van der Waals surface area contributed by atoms with E-state index < -0.39 is 11.9 Å². The van der Waals surface area contributed by atoms with Crippen LogP contribution in [0.3, 0.4) is 0 Å². The Morgan fingerprint density at radius 1 is 1.25 bits per heavy atom. The number of carbonyl (C=O) groups excluding carboxylic acids is 1. The third kappa shape index (κ3) is 3.03. The van der Waals surface area contributed by atoms with Gasteiger partial charge in [-0.05, 0) is 12.1 Å². The van der Waals surface area contributed by atoms with Crippen LogP contribution >= 0.6 is 0 Å². The van der Waals surface area contributed by atoms with Crippen LogP contribution in [0.25, 0.3) is 10.9 Å². The van der Waals surface area contributed by atoms with Crippen LogP contribution in [0.4, 0.5) is 5.69 Å². The Labute approximate surface area is 115 Å². The van der Waals surface area contributed by atoms with Gasteiger partial charge >= 0.3 is 11.9 Å². The van der Waals surface area contributed by atoms with Crippen molar-refractivity contribution in [1.29, 1.82) is 0 Å². The zero-order chi connectivity index (χ0) is 14.5. The van der Waals surface area contributed by atoms with E-state index in [9.17, 15) is 9.59 Å². The van der Waals surface area contributed by atoms with E-state index in [0.717, 1.165) is 5.39 Å². The van der Waals surface area contributed by atoms with Gasteiger partial charge in [0, 0.05) is 11.6 Å². The Morgan fingerprint density at radius 2 is 2.00 bits per heavy atom. The van der Waals surface area contributed by atoms with Gasteiger partial charge in [-0.2, -0.15) is 0 Å². The zero-order valence-corrected chi connectivity index (χ0v) is 10.9. The predicted octanol–water partition coefficient (Wildman–Crippen LogP) is 1.30. The first-order valence-electron chi connectivity index (χ1n) is 5.99. The van der Waals surface area contributed by atoms with Crippen molar-refractivity contribution in [2.24, 2.45) is 0 Å². The summed E-state index contributed by atoms with van der Waals surface area (Å²) in [6.45, 7) is -0.441. The summed E-state index contributed by atoms with van der Waals surface area (Å²) in [5, 5.41) is 9.87. The van der Waals surface area contributed by atoms with Crippen LogP contribution in [-0.4, -0.2) is 42.2 Å². The molecule has 0 atom stereocenters. The summed E-state index contributed by atoms with van der Waals surface area (Å²) in [5.41, 5.74) is 1.25. The average Bonchev–Trinajstić information content (AvgIpc) is 2.45. The van der Waals surface area contributed by atoms with E-state index in [1.807, 2.05) is 12.1 Å². The Bertz CT molecular complexity index is 637. The number of esters is 1. The molecule has 0 saturated carbocycles. The smallest absolute Gasteiger partial charge is 0.325 e. The Hall–Kier alpha value is -2.63. The number of para-hydroxylation sites is 1. The molecule has 0 aliphatic carbocycles. The van der Waals surface area contributed by atoms with Crippen LogP contribution in [0.5, 0.6) is 0 Å². The van der Waals surface area contributed by atoms with E-state index in [4.69, 9.17) is 5.11 Å². The molecule has 0 fully saturated rings. The van der Waals surface area contributed by atoms with Crippen molar-refractivity contribution in [2.75, 3.05) is 25.1 Å². The maximum Gasteiger partial charge on any atom is 0.325 e. The molecule has 2 aromatic rings. The first kappa shape index (κ1) is 13.8. The lowest BCUT2D eigenvalue weighted by Crippen LogP contribution is -2.35. The second kappa shape index (κ2) is 6.01. The molecule has 20 heavy (non-hydrogen) atoms. The van der Waals surface area contributed by atoms with E-state index in [2.05, 4.69) is 9.72 Å². The molecule has 104 valence electrons. The van der Waals surface area contributed by atoms with Crippen LogP contribution in [0.15, 0.2) is 36.5 Å². The number of aromatic nitrogens is 1. The highest BCUT2D eigenvalue weighted by Gasteiger charge is 2.17. The van der Waals surface area contributed by atoms with Gasteiger partial charge in [-0.3, -0.25) is 14.6 Å². The number of hydrogen-bond acceptors (Lipinski definition) is 5. The lowest BCUT2D eigenvalue weighted by Gasteiger charge is -2.22. The number of nitrogens with zero attached hydrogens (tertiary/aromatic N) is 2. The molecule has 0 bridgehead atoms. The van der Waals surface area contributed by atoms with Gasteiger partial charge in [0.05, 0.1) is 18.3 Å². The molecular weight excluding hydrogens is 260 g/mol. The van der Waals surface area contributed by atoms with Crippen molar-refractivity contribution in [1.82, 2.24) is 4.98 Å². The van der Waals surface area contributed by atoms with Crippen molar-refractivity contribution < 1.29 is 19.4 Å². The number of methoxy groups -OCH3 is 1. The standard InChI is InChI=1S/C14H14N2O4/c1-20-13(19)9-16(8-12(17)18)11-6-2-4-10-5-3-7-15-14(10)11/h2-7H,8-9H2,1H3,(H,17,18). The number of pyridine rings is 1. The van der Waals surface area contributed by atoms with Gasteiger partial charge < -0.3 is 14.7 Å². The van der Waals surface area contributed by atoms with E-state index >= 15 is 0 Å². The fraction of sp³-hybridized carbons (Fsp3) is 0.214. The third-order valence-corrected chi connectivity index (χ3v) is 2.83. The van der Waals surface area contributed by atoms with Crippen molar-refractivity contribution >= 4 is 28.5 Å². The minimum Gasteiger partial charge on any atom is -0.480 e. The molecule has 0 saturated heterocycles. The van der Waals surface area contributed by atoms with Gasteiger partial charge in [-0.25, -0.2) is 0 Å². The number of fused-ring (bicyclic) bond motifs is 1.